The van der Waals surface area contributed by atoms with E-state index in [2.05, 4.69) is 51.9 Å². The molecule has 2 aromatic rings. The van der Waals surface area contributed by atoms with Crippen LogP contribution in [0.4, 0.5) is 17.5 Å². The van der Waals surface area contributed by atoms with Gasteiger partial charge in [-0.2, -0.15) is 4.98 Å². The molecule has 1 heterocycles. The Labute approximate surface area is 113 Å². The highest BCUT2D eigenvalue weighted by Gasteiger charge is 2.03. The molecule has 5 nitrogen and oxygen atoms in total. The molecule has 4 N–H and O–H groups in total. The van der Waals surface area contributed by atoms with Gasteiger partial charge in [0.25, 0.3) is 0 Å². The molecule has 2 rings (SSSR count). The van der Waals surface area contributed by atoms with Gasteiger partial charge in [-0.25, -0.2) is 10.8 Å². The van der Waals surface area contributed by atoms with Gasteiger partial charge in [-0.1, -0.05) is 25.5 Å². The number of hydrogen-bond acceptors (Lipinski definition) is 5. The van der Waals surface area contributed by atoms with Crippen molar-refractivity contribution in [3.8, 4) is 0 Å². The van der Waals surface area contributed by atoms with Crippen molar-refractivity contribution in [2.75, 3.05) is 10.7 Å². The number of hydrogen-bond donors (Lipinski definition) is 3. The summed E-state index contributed by atoms with van der Waals surface area (Å²) in [6.07, 6.45) is 3.99. The number of aryl methyl sites for hydroxylation is 2. The number of nitrogens with zero attached hydrogens (tertiary/aromatic N) is 2. The van der Waals surface area contributed by atoms with Gasteiger partial charge in [0.2, 0.25) is 5.95 Å². The number of benzene rings is 1. The summed E-state index contributed by atoms with van der Waals surface area (Å²) in [6.45, 7) is 4.13. The maximum absolute atomic E-state index is 5.31. The third kappa shape index (κ3) is 3.42. The van der Waals surface area contributed by atoms with Gasteiger partial charge < -0.3 is 5.32 Å². The smallest absolute Gasteiger partial charge is 0.239 e. The Kier molecular flexibility index (Phi) is 4.30. The third-order valence-corrected chi connectivity index (χ3v) is 2.86. The lowest BCUT2D eigenvalue weighted by atomic mass is 10.1. The number of hydrazine groups is 1. The predicted molar refractivity (Wildman–Crippen MR) is 78.3 cm³/mol. The van der Waals surface area contributed by atoms with Gasteiger partial charge in [0.05, 0.1) is 0 Å². The van der Waals surface area contributed by atoms with Crippen molar-refractivity contribution in [2.24, 2.45) is 5.84 Å². The minimum Gasteiger partial charge on any atom is -0.340 e. The Bertz CT molecular complexity index is 536. The minimum atomic E-state index is 0.399. The summed E-state index contributed by atoms with van der Waals surface area (Å²) in [5.74, 6) is 6.47. The van der Waals surface area contributed by atoms with Crippen LogP contribution in [-0.2, 0) is 6.42 Å². The van der Waals surface area contributed by atoms with Gasteiger partial charge in [-0.15, -0.1) is 0 Å². The first-order chi connectivity index (χ1) is 9.22. The van der Waals surface area contributed by atoms with E-state index >= 15 is 0 Å². The normalized spacial score (nSPS) is 10.3. The molecule has 0 aliphatic carbocycles. The van der Waals surface area contributed by atoms with E-state index in [0.717, 1.165) is 29.9 Å². The minimum absolute atomic E-state index is 0.399. The first kappa shape index (κ1) is 13.3. The zero-order chi connectivity index (χ0) is 13.7. The molecule has 5 heteroatoms. The van der Waals surface area contributed by atoms with Crippen LogP contribution in [0.15, 0.2) is 30.5 Å². The Balaban J connectivity index is 2.16. The standard InChI is InChI=1S/C14H19N5/c1-3-4-11-5-7-12(8-6-11)17-13-10(2)9-16-14(18-13)19-15/h5-9H,3-4,15H2,1-2H3,(H2,16,17,18,19). The van der Waals surface area contributed by atoms with E-state index in [9.17, 15) is 0 Å². The molecule has 0 amide bonds. The Morgan fingerprint density at radius 1 is 1.21 bits per heavy atom. The lowest BCUT2D eigenvalue weighted by molar-refractivity contribution is 0.922. The summed E-state index contributed by atoms with van der Waals surface area (Å²) in [5, 5.41) is 3.27. The highest BCUT2D eigenvalue weighted by atomic mass is 15.3. The summed E-state index contributed by atoms with van der Waals surface area (Å²) < 4.78 is 0. The van der Waals surface area contributed by atoms with Crippen molar-refractivity contribution in [1.82, 2.24) is 9.97 Å². The molecule has 1 aromatic heterocycles. The molecule has 0 radical (unpaired) electrons. The molecule has 0 saturated carbocycles. The highest BCUT2D eigenvalue weighted by Crippen LogP contribution is 2.19. The van der Waals surface area contributed by atoms with Crippen LogP contribution in [-0.4, -0.2) is 9.97 Å². The van der Waals surface area contributed by atoms with Crippen molar-refractivity contribution in [3.05, 3.63) is 41.6 Å². The zero-order valence-electron chi connectivity index (χ0n) is 11.3. The Hall–Kier alpha value is -2.14. The third-order valence-electron chi connectivity index (χ3n) is 2.86. The van der Waals surface area contributed by atoms with E-state index in [1.54, 1.807) is 6.20 Å². The van der Waals surface area contributed by atoms with Crippen LogP contribution in [0, 0.1) is 6.92 Å². The van der Waals surface area contributed by atoms with E-state index in [-0.39, 0.29) is 0 Å². The maximum atomic E-state index is 5.31. The van der Waals surface area contributed by atoms with Crippen LogP contribution in [0.25, 0.3) is 0 Å². The van der Waals surface area contributed by atoms with Crippen LogP contribution >= 0.6 is 0 Å². The van der Waals surface area contributed by atoms with Crippen LogP contribution < -0.4 is 16.6 Å². The van der Waals surface area contributed by atoms with Gasteiger partial charge in [0, 0.05) is 17.4 Å². The largest absolute Gasteiger partial charge is 0.340 e. The molecule has 0 fully saturated rings. The summed E-state index contributed by atoms with van der Waals surface area (Å²) in [7, 11) is 0. The fourth-order valence-corrected chi connectivity index (χ4v) is 1.82. The highest BCUT2D eigenvalue weighted by molar-refractivity contribution is 5.60. The first-order valence-electron chi connectivity index (χ1n) is 6.39. The molecule has 0 aliphatic rings. The fraction of sp³-hybridized carbons (Fsp3) is 0.286. The van der Waals surface area contributed by atoms with Crippen molar-refractivity contribution < 1.29 is 0 Å². The Morgan fingerprint density at radius 3 is 2.58 bits per heavy atom. The molecule has 0 bridgehead atoms. The molecule has 0 aliphatic heterocycles. The summed E-state index contributed by atoms with van der Waals surface area (Å²) in [4.78, 5) is 8.34. The number of nitrogens with one attached hydrogen (secondary N) is 2. The maximum Gasteiger partial charge on any atom is 0.239 e. The number of anilines is 3. The van der Waals surface area contributed by atoms with Crippen LogP contribution in [0.1, 0.15) is 24.5 Å². The quantitative estimate of drug-likeness (QED) is 0.567. The first-order valence-corrected chi connectivity index (χ1v) is 6.39. The van der Waals surface area contributed by atoms with E-state index in [0.29, 0.717) is 5.95 Å². The summed E-state index contributed by atoms with van der Waals surface area (Å²) in [6, 6.07) is 8.37. The SMILES string of the molecule is CCCc1ccc(Nc2nc(NN)ncc2C)cc1. The molecule has 0 atom stereocenters. The molecule has 1 aromatic carbocycles. The van der Waals surface area contributed by atoms with Crippen LogP contribution in [0.5, 0.6) is 0 Å². The van der Waals surface area contributed by atoms with Gasteiger partial charge in [-0.05, 0) is 31.0 Å². The Morgan fingerprint density at radius 2 is 1.95 bits per heavy atom. The van der Waals surface area contributed by atoms with E-state index < -0.39 is 0 Å². The lowest BCUT2D eigenvalue weighted by Crippen LogP contribution is -2.11. The van der Waals surface area contributed by atoms with E-state index in [1.165, 1.54) is 5.56 Å². The molecule has 19 heavy (non-hydrogen) atoms. The molecule has 0 unspecified atom stereocenters. The monoisotopic (exact) mass is 257 g/mol. The predicted octanol–water partition coefficient (Wildman–Crippen LogP) is 2.77. The zero-order valence-corrected chi connectivity index (χ0v) is 11.3. The number of nitrogen functional groups attached to an aromatic ring is 1. The van der Waals surface area contributed by atoms with Crippen molar-refractivity contribution in [3.63, 3.8) is 0 Å². The molecular weight excluding hydrogens is 238 g/mol. The molecular formula is C14H19N5. The van der Waals surface area contributed by atoms with Gasteiger partial charge in [0.1, 0.15) is 5.82 Å². The second kappa shape index (κ2) is 6.15. The van der Waals surface area contributed by atoms with E-state index in [4.69, 9.17) is 5.84 Å². The van der Waals surface area contributed by atoms with Gasteiger partial charge >= 0.3 is 0 Å². The molecule has 0 saturated heterocycles. The van der Waals surface area contributed by atoms with Crippen LogP contribution in [0.2, 0.25) is 0 Å². The van der Waals surface area contributed by atoms with Crippen molar-refractivity contribution >= 4 is 17.5 Å². The summed E-state index contributed by atoms with van der Waals surface area (Å²) >= 11 is 0. The second-order valence-corrected chi connectivity index (χ2v) is 4.44. The van der Waals surface area contributed by atoms with Crippen LogP contribution in [0.3, 0.4) is 0 Å². The lowest BCUT2D eigenvalue weighted by Gasteiger charge is -2.10. The number of rotatable bonds is 5. The number of nitrogens with two attached hydrogens (primary N) is 1. The van der Waals surface area contributed by atoms with Gasteiger partial charge in [0.15, 0.2) is 0 Å². The van der Waals surface area contributed by atoms with Crippen molar-refractivity contribution in [1.29, 1.82) is 0 Å². The molecule has 100 valence electrons. The average Bonchev–Trinajstić information content (AvgIpc) is 2.44. The topological polar surface area (TPSA) is 75.9 Å². The van der Waals surface area contributed by atoms with E-state index in [1.807, 2.05) is 6.92 Å². The number of aromatic nitrogens is 2. The fourth-order valence-electron chi connectivity index (χ4n) is 1.82. The van der Waals surface area contributed by atoms with Crippen molar-refractivity contribution in [2.45, 2.75) is 26.7 Å². The summed E-state index contributed by atoms with van der Waals surface area (Å²) in [5.41, 5.74) is 5.76. The molecule has 0 spiro atoms. The average molecular weight is 257 g/mol. The van der Waals surface area contributed by atoms with Gasteiger partial charge in [-0.3, -0.25) is 5.43 Å². The second-order valence-electron chi connectivity index (χ2n) is 4.44.